The first-order valence-corrected chi connectivity index (χ1v) is 13.9. The summed E-state index contributed by atoms with van der Waals surface area (Å²) in [5.41, 5.74) is 4.69. The molecule has 2 fully saturated rings. The van der Waals surface area contributed by atoms with Crippen LogP contribution in [0.1, 0.15) is 113 Å². The summed E-state index contributed by atoms with van der Waals surface area (Å²) >= 11 is 0. The zero-order valence-electron chi connectivity index (χ0n) is 22.0. The third-order valence-electron chi connectivity index (χ3n) is 11.9. The number of fused-ring (bicyclic) bond motifs is 4. The average Bonchev–Trinajstić information content (AvgIpc) is 3.07. The van der Waals surface area contributed by atoms with E-state index < -0.39 is 0 Å². The molecule has 178 valence electrons. The van der Waals surface area contributed by atoms with Crippen LogP contribution in [0.3, 0.4) is 0 Å². The summed E-state index contributed by atoms with van der Waals surface area (Å²) in [6, 6.07) is 0. The van der Waals surface area contributed by atoms with E-state index in [0.717, 1.165) is 41.9 Å². The van der Waals surface area contributed by atoms with Crippen molar-refractivity contribution in [1.29, 1.82) is 0 Å². The molecule has 0 radical (unpaired) electrons. The fourth-order valence-electron chi connectivity index (χ4n) is 9.51. The molecule has 4 aliphatic rings. The second kappa shape index (κ2) is 8.48. The third-order valence-corrected chi connectivity index (χ3v) is 11.9. The fraction of sp³-hybridized carbons (Fsp3) is 0.933. The van der Waals surface area contributed by atoms with Crippen molar-refractivity contribution in [2.45, 2.75) is 119 Å². The number of allylic oxidation sites excluding steroid dienone is 2. The third kappa shape index (κ3) is 3.77. The first-order valence-electron chi connectivity index (χ1n) is 13.9. The lowest BCUT2D eigenvalue weighted by Crippen LogP contribution is -2.49. The molecule has 0 aromatic carbocycles. The van der Waals surface area contributed by atoms with E-state index in [1.165, 1.54) is 51.4 Å². The number of hydrogen-bond donors (Lipinski definition) is 1. The number of hydrogen-bond acceptors (Lipinski definition) is 1. The number of aliphatic hydroxyl groups excluding tert-OH is 1. The van der Waals surface area contributed by atoms with Crippen LogP contribution in [0.5, 0.6) is 0 Å². The van der Waals surface area contributed by atoms with Gasteiger partial charge in [-0.15, -0.1) is 0 Å². The van der Waals surface area contributed by atoms with E-state index in [1.54, 1.807) is 0 Å². The van der Waals surface area contributed by atoms with Gasteiger partial charge in [-0.3, -0.25) is 0 Å². The van der Waals surface area contributed by atoms with E-state index in [-0.39, 0.29) is 6.10 Å². The van der Waals surface area contributed by atoms with Crippen molar-refractivity contribution in [2.24, 2.45) is 58.2 Å². The van der Waals surface area contributed by atoms with Gasteiger partial charge in [0.15, 0.2) is 0 Å². The normalized spacial score (nSPS) is 45.7. The first kappa shape index (κ1) is 23.8. The quantitative estimate of drug-likeness (QED) is 0.437. The molecule has 0 heterocycles. The van der Waals surface area contributed by atoms with E-state index in [4.69, 9.17) is 0 Å². The summed E-state index contributed by atoms with van der Waals surface area (Å²) in [5.74, 6) is 6.24. The Morgan fingerprint density at radius 3 is 2.32 bits per heavy atom. The highest BCUT2D eigenvalue weighted by atomic mass is 16.3. The van der Waals surface area contributed by atoms with Gasteiger partial charge in [0.1, 0.15) is 0 Å². The van der Waals surface area contributed by atoms with Gasteiger partial charge in [-0.05, 0) is 116 Å². The molecule has 0 unspecified atom stereocenters. The average molecular weight is 429 g/mol. The Hall–Kier alpha value is -0.300. The zero-order valence-corrected chi connectivity index (χ0v) is 22.0. The second-order valence-electron chi connectivity index (χ2n) is 13.6. The minimum Gasteiger partial charge on any atom is -0.393 e. The van der Waals surface area contributed by atoms with E-state index in [0.29, 0.717) is 22.7 Å². The summed E-state index contributed by atoms with van der Waals surface area (Å²) in [6.07, 6.45) is 11.9. The van der Waals surface area contributed by atoms with Crippen molar-refractivity contribution >= 4 is 0 Å². The standard InChI is InChI=1S/C30H52O/c1-18(2)21(5)19(3)17-20(4)24-11-12-26-23-9-10-25-22(6)28(31)14-16-30(25,8)27(23)13-15-29(24,26)7/h18-22,24-26,28,31H,9-17H2,1-8H3/t19-,20-,21+,22+,24-,25+,26+,28+,29-,30+/m1/s1. The summed E-state index contributed by atoms with van der Waals surface area (Å²) in [4.78, 5) is 0. The van der Waals surface area contributed by atoms with Crippen LogP contribution in [-0.4, -0.2) is 11.2 Å². The van der Waals surface area contributed by atoms with Crippen LogP contribution in [-0.2, 0) is 0 Å². The predicted octanol–water partition coefficient (Wildman–Crippen LogP) is 8.27. The molecular weight excluding hydrogens is 376 g/mol. The highest BCUT2D eigenvalue weighted by Gasteiger charge is 2.56. The van der Waals surface area contributed by atoms with E-state index >= 15 is 0 Å². The second-order valence-corrected chi connectivity index (χ2v) is 13.6. The van der Waals surface area contributed by atoms with Gasteiger partial charge >= 0.3 is 0 Å². The molecule has 1 nitrogen and oxygen atoms in total. The van der Waals surface area contributed by atoms with Crippen LogP contribution in [0.25, 0.3) is 0 Å². The van der Waals surface area contributed by atoms with Gasteiger partial charge in [-0.25, -0.2) is 0 Å². The highest BCUT2D eigenvalue weighted by Crippen LogP contribution is 2.66. The maximum absolute atomic E-state index is 10.5. The van der Waals surface area contributed by atoms with Crippen LogP contribution < -0.4 is 0 Å². The molecule has 0 bridgehead atoms. The Balaban J connectivity index is 1.55. The van der Waals surface area contributed by atoms with Crippen LogP contribution in [0.4, 0.5) is 0 Å². The largest absolute Gasteiger partial charge is 0.393 e. The summed E-state index contributed by atoms with van der Waals surface area (Å²) in [7, 11) is 0. The van der Waals surface area contributed by atoms with Gasteiger partial charge in [0.25, 0.3) is 0 Å². The molecule has 4 aliphatic carbocycles. The van der Waals surface area contributed by atoms with E-state index in [1.807, 2.05) is 11.1 Å². The molecule has 0 amide bonds. The molecule has 31 heavy (non-hydrogen) atoms. The van der Waals surface area contributed by atoms with Gasteiger partial charge < -0.3 is 5.11 Å². The molecule has 0 aromatic heterocycles. The topological polar surface area (TPSA) is 20.2 Å². The molecular formula is C30H52O. The summed E-state index contributed by atoms with van der Waals surface area (Å²) in [6.45, 7) is 20.0. The SMILES string of the molecule is CC(C)[C@H](C)[C@H](C)C[C@@H](C)[C@H]1CC[C@H]2C3=C(CC[C@]12C)[C@@]1(C)CC[C@H](O)[C@@H](C)[C@@H]1CC3. The lowest BCUT2D eigenvalue weighted by molar-refractivity contribution is -0.0338. The monoisotopic (exact) mass is 428 g/mol. The van der Waals surface area contributed by atoms with Gasteiger partial charge in [0.05, 0.1) is 6.10 Å². The van der Waals surface area contributed by atoms with Crippen molar-refractivity contribution < 1.29 is 5.11 Å². The Morgan fingerprint density at radius 2 is 1.65 bits per heavy atom. The lowest BCUT2D eigenvalue weighted by atomic mass is 9.49. The predicted molar refractivity (Wildman–Crippen MR) is 133 cm³/mol. The van der Waals surface area contributed by atoms with E-state index in [2.05, 4.69) is 55.4 Å². The van der Waals surface area contributed by atoms with Gasteiger partial charge in [-0.2, -0.15) is 0 Å². The molecule has 0 spiro atoms. The van der Waals surface area contributed by atoms with Gasteiger partial charge in [0, 0.05) is 0 Å². The Morgan fingerprint density at radius 1 is 0.935 bits per heavy atom. The van der Waals surface area contributed by atoms with Crippen molar-refractivity contribution in [2.75, 3.05) is 0 Å². The molecule has 0 aliphatic heterocycles. The highest BCUT2D eigenvalue weighted by molar-refractivity contribution is 5.34. The minimum absolute atomic E-state index is 0.0685. The molecule has 10 atom stereocenters. The lowest BCUT2D eigenvalue weighted by Gasteiger charge is -2.57. The van der Waals surface area contributed by atoms with E-state index in [9.17, 15) is 5.11 Å². The molecule has 0 saturated heterocycles. The molecule has 2 saturated carbocycles. The number of aliphatic hydroxyl groups is 1. The molecule has 4 rings (SSSR count). The Kier molecular flexibility index (Phi) is 6.53. The Bertz CT molecular complexity index is 691. The maximum atomic E-state index is 10.5. The zero-order chi connectivity index (χ0) is 22.7. The maximum Gasteiger partial charge on any atom is 0.0569 e. The minimum atomic E-state index is -0.0685. The molecule has 0 aromatic rings. The van der Waals surface area contributed by atoms with Crippen LogP contribution >= 0.6 is 0 Å². The van der Waals surface area contributed by atoms with Crippen molar-refractivity contribution in [3.8, 4) is 0 Å². The summed E-state index contributed by atoms with van der Waals surface area (Å²) in [5, 5.41) is 10.5. The number of rotatable bonds is 5. The van der Waals surface area contributed by atoms with Crippen LogP contribution in [0, 0.1) is 58.2 Å². The molecule has 1 heteroatoms. The van der Waals surface area contributed by atoms with Crippen molar-refractivity contribution in [1.82, 2.24) is 0 Å². The van der Waals surface area contributed by atoms with Gasteiger partial charge in [-0.1, -0.05) is 66.5 Å². The fourth-order valence-corrected chi connectivity index (χ4v) is 9.51. The smallest absolute Gasteiger partial charge is 0.0569 e. The molecule has 1 N–H and O–H groups in total. The van der Waals surface area contributed by atoms with Gasteiger partial charge in [0.2, 0.25) is 0 Å². The van der Waals surface area contributed by atoms with Crippen molar-refractivity contribution in [3.05, 3.63) is 11.1 Å². The van der Waals surface area contributed by atoms with Crippen LogP contribution in [0.2, 0.25) is 0 Å². The van der Waals surface area contributed by atoms with Crippen molar-refractivity contribution in [3.63, 3.8) is 0 Å². The Labute approximate surface area is 193 Å². The van der Waals surface area contributed by atoms with Crippen LogP contribution in [0.15, 0.2) is 11.1 Å². The summed E-state index contributed by atoms with van der Waals surface area (Å²) < 4.78 is 0. The first-order chi connectivity index (χ1) is 14.5.